The van der Waals surface area contributed by atoms with Crippen molar-refractivity contribution in [2.75, 3.05) is 13.2 Å². The Labute approximate surface area is 573 Å². The molecule has 0 aromatic heterocycles. The van der Waals surface area contributed by atoms with E-state index < -0.39 is 75.7 Å². The van der Waals surface area contributed by atoms with E-state index in [4.69, 9.17) is 18.5 Å². The maximum atomic E-state index is 13.0. The first kappa shape index (κ1) is 89.9. The van der Waals surface area contributed by atoms with Crippen LogP contribution in [0, 0.1) is 0 Å². The van der Waals surface area contributed by atoms with Gasteiger partial charge in [0.1, 0.15) is 43.2 Å². The van der Waals surface area contributed by atoms with E-state index in [9.17, 15) is 44.6 Å². The lowest BCUT2D eigenvalue weighted by Crippen LogP contribution is -2.64. The van der Waals surface area contributed by atoms with E-state index in [-0.39, 0.29) is 12.8 Å². The topological polar surface area (TPSA) is 210 Å². The lowest BCUT2D eigenvalue weighted by molar-refractivity contribution is -0.220. The van der Waals surface area contributed by atoms with E-state index in [1.54, 1.807) is 0 Å². The Morgan fingerprint density at radius 1 is 0.290 bits per heavy atom. The average molecular weight is 1340 g/mol. The van der Waals surface area contributed by atoms with Crippen LogP contribution in [0.3, 0.4) is 0 Å². The van der Waals surface area contributed by atoms with Crippen LogP contribution in [0.15, 0.2) is 0 Å². The van der Waals surface area contributed by atoms with E-state index >= 15 is 0 Å². The molecule has 6 unspecified atom stereocenters. The second-order valence-corrected chi connectivity index (χ2v) is 30.4. The first-order valence-electron chi connectivity index (χ1n) is 40.8. The fraction of sp³-hybridized carbons (Fsp3) is 0.975. The number of hydrogen-bond donors (Lipinski definition) is 6. The van der Waals surface area contributed by atoms with Gasteiger partial charge in [-0.3, -0.25) is 18.6 Å². The van der Waals surface area contributed by atoms with Crippen molar-refractivity contribution in [2.45, 2.75) is 480 Å². The second kappa shape index (κ2) is 68.0. The quantitative estimate of drug-likeness (QED) is 0.0190. The Morgan fingerprint density at radius 2 is 0.484 bits per heavy atom. The summed E-state index contributed by atoms with van der Waals surface area (Å²) in [5.74, 6) is -1.06. The van der Waals surface area contributed by atoms with Gasteiger partial charge in [-0.2, -0.15) is 0 Å². The van der Waals surface area contributed by atoms with Crippen LogP contribution in [0.2, 0.25) is 0 Å². The van der Waals surface area contributed by atoms with Crippen molar-refractivity contribution < 1.29 is 63.1 Å². The van der Waals surface area contributed by atoms with Crippen LogP contribution in [-0.2, 0) is 32.7 Å². The molecule has 1 saturated carbocycles. The molecule has 13 nitrogen and oxygen atoms in total. The van der Waals surface area contributed by atoms with Crippen molar-refractivity contribution in [3.63, 3.8) is 0 Å². The molecule has 0 heterocycles. The number of phosphoric ester groups is 1. The average Bonchev–Trinajstić information content (AvgIpc) is 1.02. The molecule has 554 valence electrons. The number of carbonyl (C=O) groups is 2. The van der Waals surface area contributed by atoms with Crippen LogP contribution in [0.4, 0.5) is 0 Å². The monoisotopic (exact) mass is 1340 g/mol. The Kier molecular flexibility index (Phi) is 65.7. The minimum atomic E-state index is -5.13. The third kappa shape index (κ3) is 58.4. The van der Waals surface area contributed by atoms with E-state index in [1.165, 1.54) is 360 Å². The molecule has 0 radical (unpaired) electrons. The standard InChI is InChI=1S/C79H155O13P/c1-3-5-7-9-11-13-15-17-19-21-23-25-27-29-31-33-35-37-39-41-43-45-47-49-51-53-55-57-59-61-63-65-67-72(80)89-69-71(70-90-93(87,88)92-79-77(85)75(83)74(82)76(84)78(79)86)91-73(81)68-66-64-62-60-58-56-54-52-50-48-46-44-42-40-38-36-34-32-30-28-26-24-22-20-18-16-14-12-10-8-6-4-2/h71,74-79,82-86H,3-70H2,1-2H3,(H,87,88)/t71-,74?,75-,76?,77?,78?,79?/m1/s1. The fourth-order valence-corrected chi connectivity index (χ4v) is 14.6. The molecule has 0 amide bonds. The van der Waals surface area contributed by atoms with Gasteiger partial charge in [0, 0.05) is 12.8 Å². The number of esters is 2. The molecule has 1 rings (SSSR count). The van der Waals surface area contributed by atoms with Gasteiger partial charge in [-0.1, -0.05) is 412 Å². The smallest absolute Gasteiger partial charge is 0.462 e. The highest BCUT2D eigenvalue weighted by Gasteiger charge is 2.51. The number of hydrogen-bond acceptors (Lipinski definition) is 12. The van der Waals surface area contributed by atoms with Gasteiger partial charge in [0.15, 0.2) is 6.10 Å². The number of phosphoric acid groups is 1. The van der Waals surface area contributed by atoms with Crippen molar-refractivity contribution in [1.29, 1.82) is 0 Å². The highest BCUT2D eigenvalue weighted by Crippen LogP contribution is 2.47. The third-order valence-electron chi connectivity index (χ3n) is 19.9. The second-order valence-electron chi connectivity index (χ2n) is 29.0. The van der Waals surface area contributed by atoms with E-state index in [0.29, 0.717) is 12.8 Å². The van der Waals surface area contributed by atoms with Crippen LogP contribution in [0.25, 0.3) is 0 Å². The number of aliphatic hydroxyl groups excluding tert-OH is 5. The molecule has 8 atom stereocenters. The zero-order chi connectivity index (χ0) is 67.6. The van der Waals surface area contributed by atoms with Gasteiger partial charge < -0.3 is 39.9 Å². The van der Waals surface area contributed by atoms with Crippen LogP contribution >= 0.6 is 7.82 Å². The molecule has 1 aliphatic carbocycles. The highest BCUT2D eigenvalue weighted by molar-refractivity contribution is 7.47. The minimum absolute atomic E-state index is 0.107. The van der Waals surface area contributed by atoms with Crippen LogP contribution in [-0.4, -0.2) is 98.3 Å². The van der Waals surface area contributed by atoms with Crippen molar-refractivity contribution in [3.05, 3.63) is 0 Å². The third-order valence-corrected chi connectivity index (χ3v) is 20.9. The molecule has 0 aromatic rings. The maximum Gasteiger partial charge on any atom is 0.472 e. The van der Waals surface area contributed by atoms with Crippen LogP contribution < -0.4 is 0 Å². The molecule has 0 aliphatic heterocycles. The van der Waals surface area contributed by atoms with Crippen molar-refractivity contribution in [2.24, 2.45) is 0 Å². The molecule has 1 fully saturated rings. The Hall–Kier alpha value is -1.15. The van der Waals surface area contributed by atoms with E-state index in [0.717, 1.165) is 38.5 Å². The summed E-state index contributed by atoms with van der Waals surface area (Å²) in [6.45, 7) is 3.43. The lowest BCUT2D eigenvalue weighted by Gasteiger charge is -2.41. The van der Waals surface area contributed by atoms with Gasteiger partial charge in [0.05, 0.1) is 6.61 Å². The Balaban J connectivity index is 2.13. The molecule has 0 spiro atoms. The largest absolute Gasteiger partial charge is 0.472 e. The summed E-state index contributed by atoms with van der Waals surface area (Å²) in [4.78, 5) is 36.3. The molecule has 14 heteroatoms. The molecule has 0 bridgehead atoms. The van der Waals surface area contributed by atoms with Crippen LogP contribution in [0.1, 0.15) is 438 Å². The zero-order valence-corrected chi connectivity index (χ0v) is 62.0. The van der Waals surface area contributed by atoms with Crippen molar-refractivity contribution >= 4 is 19.8 Å². The SMILES string of the molecule is CCCCCCCCCCCCCCCCCCCCCCCCCCCCCCCCCCC(=O)OC[C@H](COP(=O)(O)OC1C(O)C(O)C(O)[C@@H](O)C1O)OC(=O)CCCCCCCCCCCCCCCCCCCCCCCCCCCCCCCCCC. The molecule has 0 aromatic carbocycles. The Morgan fingerprint density at radius 3 is 0.710 bits per heavy atom. The number of ether oxygens (including phenoxy) is 2. The van der Waals surface area contributed by atoms with Crippen molar-refractivity contribution in [3.8, 4) is 0 Å². The summed E-state index contributed by atoms with van der Waals surface area (Å²) >= 11 is 0. The summed E-state index contributed by atoms with van der Waals surface area (Å²) in [5, 5.41) is 50.7. The van der Waals surface area contributed by atoms with Crippen molar-refractivity contribution in [1.82, 2.24) is 0 Å². The zero-order valence-electron chi connectivity index (χ0n) is 61.1. The Bertz CT molecular complexity index is 1610. The molecule has 0 saturated heterocycles. The first-order valence-corrected chi connectivity index (χ1v) is 42.3. The summed E-state index contributed by atoms with van der Waals surface area (Å²) in [6.07, 6.45) is 72.2. The van der Waals surface area contributed by atoms with Gasteiger partial charge in [-0.05, 0) is 12.8 Å². The summed E-state index contributed by atoms with van der Waals surface area (Å²) < 4.78 is 34.0. The lowest BCUT2D eigenvalue weighted by atomic mass is 9.85. The van der Waals surface area contributed by atoms with Gasteiger partial charge in [-0.25, -0.2) is 4.57 Å². The molecule has 93 heavy (non-hydrogen) atoms. The molecular formula is C79H155O13P. The van der Waals surface area contributed by atoms with E-state index in [2.05, 4.69) is 13.8 Å². The molecular weight excluding hydrogens is 1190 g/mol. The highest BCUT2D eigenvalue weighted by atomic mass is 31.2. The predicted molar refractivity (Wildman–Crippen MR) is 388 cm³/mol. The van der Waals surface area contributed by atoms with E-state index in [1.807, 2.05) is 0 Å². The summed E-state index contributed by atoms with van der Waals surface area (Å²) in [5.41, 5.74) is 0. The number of rotatable bonds is 74. The normalized spacial score (nSPS) is 18.5. The minimum Gasteiger partial charge on any atom is -0.462 e. The fourth-order valence-electron chi connectivity index (χ4n) is 13.6. The predicted octanol–water partition coefficient (Wildman–Crippen LogP) is 22.5. The molecule has 6 N–H and O–H groups in total. The van der Waals surface area contributed by atoms with Gasteiger partial charge >= 0.3 is 19.8 Å². The summed E-state index contributed by atoms with van der Waals surface area (Å²) in [7, 11) is -5.13. The molecule has 1 aliphatic rings. The van der Waals surface area contributed by atoms with Crippen LogP contribution in [0.5, 0.6) is 0 Å². The number of carbonyl (C=O) groups excluding carboxylic acids is 2. The van der Waals surface area contributed by atoms with Gasteiger partial charge in [0.2, 0.25) is 0 Å². The first-order chi connectivity index (χ1) is 45.4. The number of unbranched alkanes of at least 4 members (excludes halogenated alkanes) is 62. The van der Waals surface area contributed by atoms with Gasteiger partial charge in [-0.15, -0.1) is 0 Å². The summed E-state index contributed by atoms with van der Waals surface area (Å²) in [6, 6.07) is 0. The maximum absolute atomic E-state index is 13.0. The van der Waals surface area contributed by atoms with Gasteiger partial charge in [0.25, 0.3) is 0 Å². The number of aliphatic hydroxyl groups is 5.